The lowest BCUT2D eigenvalue weighted by molar-refractivity contribution is -0.111. The van der Waals surface area contributed by atoms with Crippen molar-refractivity contribution in [1.82, 2.24) is 9.97 Å². The van der Waals surface area contributed by atoms with Gasteiger partial charge in [-0.05, 0) is 37.3 Å². The first-order valence-corrected chi connectivity index (χ1v) is 9.19. The highest BCUT2D eigenvalue weighted by molar-refractivity contribution is 6.05. The van der Waals surface area contributed by atoms with Gasteiger partial charge in [0.2, 0.25) is 0 Å². The van der Waals surface area contributed by atoms with Gasteiger partial charge in [-0.25, -0.2) is 13.8 Å². The maximum atomic E-state index is 13.7. The molecule has 3 rings (SSSR count). The van der Waals surface area contributed by atoms with Crippen molar-refractivity contribution in [1.29, 1.82) is 0 Å². The number of carbonyl (C=O) groups excluding carboxylic acids is 1. The summed E-state index contributed by atoms with van der Waals surface area (Å²) in [6, 6.07) is 8.13. The summed E-state index contributed by atoms with van der Waals surface area (Å²) >= 11 is 0. The van der Waals surface area contributed by atoms with E-state index >= 15 is 0 Å². The molecule has 0 aliphatic rings. The van der Waals surface area contributed by atoms with Crippen LogP contribution in [0.5, 0.6) is 5.75 Å². The molecule has 0 aliphatic carbocycles. The van der Waals surface area contributed by atoms with Gasteiger partial charge in [0.05, 0.1) is 17.9 Å². The molecule has 0 saturated carbocycles. The fraction of sp³-hybridized carbons (Fsp3) is 0.182. The second kappa shape index (κ2) is 10.2. The average molecular weight is 411 g/mol. The maximum absolute atomic E-state index is 13.7. The number of halogens is 2. The molecule has 154 valence electrons. The molecule has 0 saturated heterocycles. The van der Waals surface area contributed by atoms with Crippen LogP contribution in [-0.4, -0.2) is 35.7 Å². The fourth-order valence-electron chi connectivity index (χ4n) is 2.55. The van der Waals surface area contributed by atoms with Crippen LogP contribution < -0.4 is 10.1 Å². The summed E-state index contributed by atoms with van der Waals surface area (Å²) in [4.78, 5) is 19.5. The summed E-state index contributed by atoms with van der Waals surface area (Å²) in [5.74, 6) is 3.51. The van der Waals surface area contributed by atoms with Gasteiger partial charge in [-0.3, -0.25) is 4.79 Å². The molecule has 1 aromatic heterocycles. The SMILES string of the molecule is CCOCCOc1ccc(-c2ncc[nH]2)cc1NC(=O)C#Cc1ccc(F)cc1F. The van der Waals surface area contributed by atoms with Gasteiger partial charge in [0.1, 0.15) is 29.8 Å². The van der Waals surface area contributed by atoms with Crippen molar-refractivity contribution >= 4 is 11.6 Å². The summed E-state index contributed by atoms with van der Waals surface area (Å²) in [5.41, 5.74) is 1.02. The Bertz CT molecular complexity index is 1070. The van der Waals surface area contributed by atoms with Crippen LogP contribution in [0.3, 0.4) is 0 Å². The van der Waals surface area contributed by atoms with E-state index in [9.17, 15) is 13.6 Å². The molecule has 0 radical (unpaired) electrons. The van der Waals surface area contributed by atoms with Crippen molar-refractivity contribution < 1.29 is 23.0 Å². The Labute approximate surface area is 172 Å². The van der Waals surface area contributed by atoms with Crippen molar-refractivity contribution in [3.63, 3.8) is 0 Å². The molecule has 0 bridgehead atoms. The molecule has 0 fully saturated rings. The van der Waals surface area contributed by atoms with E-state index in [1.165, 1.54) is 6.07 Å². The first kappa shape index (κ1) is 21.0. The smallest absolute Gasteiger partial charge is 0.300 e. The van der Waals surface area contributed by atoms with Gasteiger partial charge in [-0.2, -0.15) is 0 Å². The van der Waals surface area contributed by atoms with E-state index in [1.807, 2.05) is 6.92 Å². The number of benzene rings is 2. The number of nitrogens with zero attached hydrogens (tertiary/aromatic N) is 1. The van der Waals surface area contributed by atoms with Crippen LogP contribution in [0.1, 0.15) is 12.5 Å². The summed E-state index contributed by atoms with van der Waals surface area (Å²) < 4.78 is 37.6. The number of hydrogen-bond donors (Lipinski definition) is 2. The summed E-state index contributed by atoms with van der Waals surface area (Å²) in [7, 11) is 0. The standard InChI is InChI=1S/C22H19F2N3O3/c1-2-29-11-12-30-20-7-4-16(22-25-9-10-26-22)13-19(20)27-21(28)8-5-15-3-6-17(23)14-18(15)24/h3-4,6-7,9-10,13-14H,2,11-12H2,1H3,(H,25,26)(H,27,28). The number of aromatic amines is 1. The highest BCUT2D eigenvalue weighted by atomic mass is 19.1. The minimum atomic E-state index is -0.838. The van der Waals surface area contributed by atoms with Crippen molar-refractivity contribution in [3.8, 4) is 29.0 Å². The Hall–Kier alpha value is -3.70. The van der Waals surface area contributed by atoms with E-state index in [-0.39, 0.29) is 5.56 Å². The number of rotatable bonds is 7. The number of aromatic nitrogens is 2. The monoisotopic (exact) mass is 411 g/mol. The Morgan fingerprint density at radius 1 is 1.20 bits per heavy atom. The third kappa shape index (κ3) is 5.65. The molecule has 30 heavy (non-hydrogen) atoms. The zero-order chi connectivity index (χ0) is 21.3. The van der Waals surface area contributed by atoms with Crippen molar-refractivity contribution in [2.24, 2.45) is 0 Å². The molecule has 0 unspecified atom stereocenters. The van der Waals surface area contributed by atoms with Crippen LogP contribution in [-0.2, 0) is 9.53 Å². The van der Waals surface area contributed by atoms with Crippen LogP contribution in [0.25, 0.3) is 11.4 Å². The molecule has 0 spiro atoms. The first-order valence-electron chi connectivity index (χ1n) is 9.19. The molecule has 8 heteroatoms. The molecule has 1 heterocycles. The molecule has 2 N–H and O–H groups in total. The van der Waals surface area contributed by atoms with Gasteiger partial charge in [-0.1, -0.05) is 5.92 Å². The van der Waals surface area contributed by atoms with Crippen LogP contribution in [0.4, 0.5) is 14.5 Å². The summed E-state index contributed by atoms with van der Waals surface area (Å²) in [6.07, 6.45) is 3.30. The lowest BCUT2D eigenvalue weighted by Gasteiger charge is -2.12. The van der Waals surface area contributed by atoms with Crippen molar-refractivity contribution in [3.05, 3.63) is 66.0 Å². The molecule has 0 aliphatic heterocycles. The fourth-order valence-corrected chi connectivity index (χ4v) is 2.55. The molecular formula is C22H19F2N3O3. The predicted molar refractivity (Wildman–Crippen MR) is 108 cm³/mol. The van der Waals surface area contributed by atoms with E-state index in [0.29, 0.717) is 43.1 Å². The normalized spacial score (nSPS) is 10.2. The van der Waals surface area contributed by atoms with Gasteiger partial charge in [0.25, 0.3) is 0 Å². The Balaban J connectivity index is 1.80. The number of ether oxygens (including phenoxy) is 2. The minimum absolute atomic E-state index is 0.0796. The number of nitrogens with one attached hydrogen (secondary N) is 2. The van der Waals surface area contributed by atoms with Gasteiger partial charge < -0.3 is 19.8 Å². The topological polar surface area (TPSA) is 76.2 Å². The zero-order valence-corrected chi connectivity index (χ0v) is 16.2. The van der Waals surface area contributed by atoms with E-state index in [0.717, 1.165) is 11.6 Å². The molecule has 0 atom stereocenters. The van der Waals surface area contributed by atoms with E-state index in [1.54, 1.807) is 30.6 Å². The number of hydrogen-bond acceptors (Lipinski definition) is 4. The quantitative estimate of drug-likeness (QED) is 0.459. The number of imidazole rings is 1. The molecular weight excluding hydrogens is 392 g/mol. The highest BCUT2D eigenvalue weighted by Crippen LogP contribution is 2.29. The Kier molecular flexibility index (Phi) is 7.14. The Morgan fingerprint density at radius 3 is 2.80 bits per heavy atom. The van der Waals surface area contributed by atoms with Gasteiger partial charge in [-0.15, -0.1) is 0 Å². The predicted octanol–water partition coefficient (Wildman–Crippen LogP) is 3.76. The summed E-state index contributed by atoms with van der Waals surface area (Å²) in [6.45, 7) is 3.14. The third-order valence-electron chi connectivity index (χ3n) is 3.93. The van der Waals surface area contributed by atoms with Crippen LogP contribution in [0.15, 0.2) is 48.8 Å². The van der Waals surface area contributed by atoms with Gasteiger partial charge in [0.15, 0.2) is 0 Å². The van der Waals surface area contributed by atoms with Crippen LogP contribution >= 0.6 is 0 Å². The second-order valence-electron chi connectivity index (χ2n) is 6.02. The zero-order valence-electron chi connectivity index (χ0n) is 16.2. The molecule has 2 aromatic carbocycles. The lowest BCUT2D eigenvalue weighted by Crippen LogP contribution is -2.12. The third-order valence-corrected chi connectivity index (χ3v) is 3.93. The Morgan fingerprint density at radius 2 is 2.07 bits per heavy atom. The number of H-pyrrole nitrogens is 1. The van der Waals surface area contributed by atoms with Crippen molar-refractivity contribution in [2.75, 3.05) is 25.1 Å². The first-order chi connectivity index (χ1) is 14.6. The van der Waals surface area contributed by atoms with Crippen molar-refractivity contribution in [2.45, 2.75) is 6.92 Å². The molecule has 6 nitrogen and oxygen atoms in total. The van der Waals surface area contributed by atoms with Gasteiger partial charge >= 0.3 is 5.91 Å². The van der Waals surface area contributed by atoms with Crippen LogP contribution in [0, 0.1) is 23.5 Å². The number of amides is 1. The van der Waals surface area contributed by atoms with Gasteiger partial charge in [0, 0.05) is 36.6 Å². The molecule has 3 aromatic rings. The number of anilines is 1. The largest absolute Gasteiger partial charge is 0.489 e. The van der Waals surface area contributed by atoms with Crippen LogP contribution in [0.2, 0.25) is 0 Å². The molecule has 1 amide bonds. The minimum Gasteiger partial charge on any atom is -0.489 e. The van der Waals surface area contributed by atoms with E-state index in [4.69, 9.17) is 9.47 Å². The van der Waals surface area contributed by atoms with E-state index < -0.39 is 17.5 Å². The lowest BCUT2D eigenvalue weighted by atomic mass is 10.1. The highest BCUT2D eigenvalue weighted by Gasteiger charge is 2.11. The second-order valence-corrected chi connectivity index (χ2v) is 6.02. The maximum Gasteiger partial charge on any atom is 0.300 e. The van der Waals surface area contributed by atoms with E-state index in [2.05, 4.69) is 27.1 Å². The average Bonchev–Trinajstić information content (AvgIpc) is 3.26. The number of carbonyl (C=O) groups is 1. The summed E-state index contributed by atoms with van der Waals surface area (Å²) in [5, 5.41) is 2.64.